The van der Waals surface area contributed by atoms with E-state index in [2.05, 4.69) is 0 Å². The molecule has 1 aliphatic rings. The lowest BCUT2D eigenvalue weighted by molar-refractivity contribution is 0.0210. The van der Waals surface area contributed by atoms with Crippen molar-refractivity contribution < 1.29 is 19.0 Å². The molecule has 0 bridgehead atoms. The Morgan fingerprint density at radius 2 is 1.76 bits per heavy atom. The first-order valence-electron chi connectivity index (χ1n) is 8.82. The minimum atomic E-state index is -0.292. The van der Waals surface area contributed by atoms with E-state index in [4.69, 9.17) is 14.2 Å². The molecular weight excluding hydrogens is 316 g/mol. The molecule has 0 unspecified atom stereocenters. The SMILES string of the molecule is COc1cc(C(=O)OC2CCCCC2)ccc1OCc1ccccc1. The Morgan fingerprint density at radius 3 is 2.48 bits per heavy atom. The van der Waals surface area contributed by atoms with Crippen LogP contribution in [0.1, 0.15) is 48.0 Å². The summed E-state index contributed by atoms with van der Waals surface area (Å²) < 4.78 is 16.8. The number of carbonyl (C=O) groups excluding carboxylic acids is 1. The second-order valence-electron chi connectivity index (χ2n) is 6.31. The van der Waals surface area contributed by atoms with Gasteiger partial charge in [0.1, 0.15) is 12.7 Å². The fraction of sp³-hybridized carbons (Fsp3) is 0.381. The molecule has 0 amide bonds. The van der Waals surface area contributed by atoms with E-state index in [-0.39, 0.29) is 12.1 Å². The highest BCUT2D eigenvalue weighted by molar-refractivity contribution is 5.90. The van der Waals surface area contributed by atoms with E-state index >= 15 is 0 Å². The third-order valence-electron chi connectivity index (χ3n) is 4.46. The van der Waals surface area contributed by atoms with Gasteiger partial charge in [-0.25, -0.2) is 4.79 Å². The van der Waals surface area contributed by atoms with Gasteiger partial charge in [-0.3, -0.25) is 0 Å². The summed E-state index contributed by atoms with van der Waals surface area (Å²) in [6.45, 7) is 0.447. The molecule has 0 radical (unpaired) electrons. The molecule has 0 saturated heterocycles. The predicted molar refractivity (Wildman–Crippen MR) is 96.1 cm³/mol. The van der Waals surface area contributed by atoms with Crippen LogP contribution in [-0.2, 0) is 11.3 Å². The third-order valence-corrected chi connectivity index (χ3v) is 4.46. The monoisotopic (exact) mass is 340 g/mol. The van der Waals surface area contributed by atoms with Crippen molar-refractivity contribution >= 4 is 5.97 Å². The third kappa shape index (κ3) is 4.75. The first-order chi connectivity index (χ1) is 12.3. The van der Waals surface area contributed by atoms with Crippen LogP contribution in [0.3, 0.4) is 0 Å². The predicted octanol–water partition coefficient (Wildman–Crippen LogP) is 4.76. The van der Waals surface area contributed by atoms with Crippen molar-refractivity contribution in [3.8, 4) is 11.5 Å². The van der Waals surface area contributed by atoms with E-state index < -0.39 is 0 Å². The molecule has 3 rings (SSSR count). The lowest BCUT2D eigenvalue weighted by Gasteiger charge is -2.22. The van der Waals surface area contributed by atoms with Crippen molar-refractivity contribution in [2.45, 2.75) is 44.8 Å². The van der Waals surface area contributed by atoms with Crippen LogP contribution in [0.15, 0.2) is 48.5 Å². The Balaban J connectivity index is 1.65. The maximum atomic E-state index is 12.4. The maximum absolute atomic E-state index is 12.4. The molecule has 0 atom stereocenters. The molecule has 4 nitrogen and oxygen atoms in total. The van der Waals surface area contributed by atoms with E-state index in [1.165, 1.54) is 6.42 Å². The van der Waals surface area contributed by atoms with E-state index in [1.54, 1.807) is 25.3 Å². The van der Waals surface area contributed by atoms with E-state index in [0.717, 1.165) is 31.2 Å². The Hall–Kier alpha value is -2.49. The van der Waals surface area contributed by atoms with Crippen LogP contribution in [0, 0.1) is 0 Å². The molecule has 0 aliphatic heterocycles. The van der Waals surface area contributed by atoms with Gasteiger partial charge in [-0.1, -0.05) is 36.8 Å². The molecule has 2 aromatic rings. The quantitative estimate of drug-likeness (QED) is 0.711. The summed E-state index contributed by atoms with van der Waals surface area (Å²) in [7, 11) is 1.57. The number of ether oxygens (including phenoxy) is 3. The Kier molecular flexibility index (Phi) is 5.94. The number of hydrogen-bond acceptors (Lipinski definition) is 4. The summed E-state index contributed by atoms with van der Waals surface area (Å²) in [5.74, 6) is 0.856. The second-order valence-corrected chi connectivity index (χ2v) is 6.31. The first-order valence-corrected chi connectivity index (χ1v) is 8.82. The molecular formula is C21H24O4. The molecule has 1 saturated carbocycles. The van der Waals surface area contributed by atoms with Gasteiger partial charge in [-0.2, -0.15) is 0 Å². The summed E-state index contributed by atoms with van der Waals surface area (Å²) in [6.07, 6.45) is 5.46. The van der Waals surface area contributed by atoms with Crippen LogP contribution < -0.4 is 9.47 Å². The molecule has 2 aromatic carbocycles. The lowest BCUT2D eigenvalue weighted by atomic mass is 9.98. The number of esters is 1. The van der Waals surface area contributed by atoms with Crippen LogP contribution in [-0.4, -0.2) is 19.2 Å². The Labute approximate surface area is 148 Å². The highest BCUT2D eigenvalue weighted by atomic mass is 16.5. The molecule has 0 heterocycles. The van der Waals surface area contributed by atoms with Gasteiger partial charge < -0.3 is 14.2 Å². The van der Waals surface area contributed by atoms with Gasteiger partial charge in [0.05, 0.1) is 12.7 Å². The highest BCUT2D eigenvalue weighted by Gasteiger charge is 2.20. The maximum Gasteiger partial charge on any atom is 0.338 e. The first kappa shape index (κ1) is 17.3. The van der Waals surface area contributed by atoms with Crippen LogP contribution in [0.5, 0.6) is 11.5 Å². The van der Waals surface area contributed by atoms with Gasteiger partial charge >= 0.3 is 5.97 Å². The molecule has 1 aliphatic carbocycles. The fourth-order valence-corrected chi connectivity index (χ4v) is 3.05. The van der Waals surface area contributed by atoms with Gasteiger partial charge in [0.25, 0.3) is 0 Å². The summed E-state index contributed by atoms with van der Waals surface area (Å²) in [4.78, 5) is 12.4. The van der Waals surface area contributed by atoms with Crippen LogP contribution in [0.25, 0.3) is 0 Å². The molecule has 0 aromatic heterocycles. The van der Waals surface area contributed by atoms with Crippen LogP contribution >= 0.6 is 0 Å². The Bertz CT molecular complexity index is 690. The molecule has 0 N–H and O–H groups in total. The van der Waals surface area contributed by atoms with Crippen LogP contribution in [0.2, 0.25) is 0 Å². The van der Waals surface area contributed by atoms with E-state index in [1.807, 2.05) is 30.3 Å². The number of carbonyl (C=O) groups is 1. The van der Waals surface area contributed by atoms with Gasteiger partial charge in [0.15, 0.2) is 11.5 Å². The van der Waals surface area contributed by atoms with E-state index in [0.29, 0.717) is 23.7 Å². The van der Waals surface area contributed by atoms with Crippen molar-refractivity contribution in [2.24, 2.45) is 0 Å². The van der Waals surface area contributed by atoms with Crippen molar-refractivity contribution in [3.63, 3.8) is 0 Å². The zero-order chi connectivity index (χ0) is 17.5. The average Bonchev–Trinajstić information content (AvgIpc) is 2.67. The molecule has 25 heavy (non-hydrogen) atoms. The number of methoxy groups -OCH3 is 1. The van der Waals surface area contributed by atoms with Crippen molar-refractivity contribution in [1.82, 2.24) is 0 Å². The highest BCUT2D eigenvalue weighted by Crippen LogP contribution is 2.30. The zero-order valence-corrected chi connectivity index (χ0v) is 14.6. The second kappa shape index (κ2) is 8.56. The van der Waals surface area contributed by atoms with Gasteiger partial charge in [0.2, 0.25) is 0 Å². The fourth-order valence-electron chi connectivity index (χ4n) is 3.05. The largest absolute Gasteiger partial charge is 0.493 e. The summed E-state index contributed by atoms with van der Waals surface area (Å²) in [5, 5.41) is 0. The molecule has 132 valence electrons. The standard InChI is InChI=1S/C21H24O4/c1-23-20-14-17(21(22)25-18-10-6-3-7-11-18)12-13-19(20)24-15-16-8-4-2-5-9-16/h2,4-5,8-9,12-14,18H,3,6-7,10-11,15H2,1H3. The summed E-state index contributed by atoms with van der Waals surface area (Å²) in [5.41, 5.74) is 1.57. The lowest BCUT2D eigenvalue weighted by Crippen LogP contribution is -2.20. The minimum absolute atomic E-state index is 0.0428. The van der Waals surface area contributed by atoms with Gasteiger partial charge in [-0.05, 0) is 49.4 Å². The van der Waals surface area contributed by atoms with Crippen molar-refractivity contribution in [2.75, 3.05) is 7.11 Å². The summed E-state index contributed by atoms with van der Waals surface area (Å²) in [6, 6.07) is 15.1. The van der Waals surface area contributed by atoms with Crippen LogP contribution in [0.4, 0.5) is 0 Å². The van der Waals surface area contributed by atoms with Crippen molar-refractivity contribution in [1.29, 1.82) is 0 Å². The molecule has 4 heteroatoms. The molecule has 1 fully saturated rings. The average molecular weight is 340 g/mol. The Morgan fingerprint density at radius 1 is 1.00 bits per heavy atom. The van der Waals surface area contributed by atoms with Crippen molar-refractivity contribution in [3.05, 3.63) is 59.7 Å². The molecule has 0 spiro atoms. The summed E-state index contributed by atoms with van der Waals surface area (Å²) >= 11 is 0. The number of hydrogen-bond donors (Lipinski definition) is 0. The zero-order valence-electron chi connectivity index (χ0n) is 14.6. The normalized spacial score (nSPS) is 14.8. The van der Waals surface area contributed by atoms with E-state index in [9.17, 15) is 4.79 Å². The number of benzene rings is 2. The van der Waals surface area contributed by atoms with Gasteiger partial charge in [-0.15, -0.1) is 0 Å². The number of rotatable bonds is 6. The topological polar surface area (TPSA) is 44.8 Å². The van der Waals surface area contributed by atoms with Gasteiger partial charge in [0, 0.05) is 0 Å². The smallest absolute Gasteiger partial charge is 0.338 e. The minimum Gasteiger partial charge on any atom is -0.493 e.